The zero-order valence-corrected chi connectivity index (χ0v) is 15.3. The summed E-state index contributed by atoms with van der Waals surface area (Å²) >= 11 is 0. The molecule has 1 atom stereocenters. The van der Waals surface area contributed by atoms with Gasteiger partial charge in [0.15, 0.2) is 11.5 Å². The molecule has 0 saturated heterocycles. The van der Waals surface area contributed by atoms with Crippen LogP contribution in [0.1, 0.15) is 37.4 Å². The Bertz CT molecular complexity index is 690. The molecule has 2 aliphatic rings. The topological polar surface area (TPSA) is 30.9 Å². The highest BCUT2D eigenvalue weighted by Gasteiger charge is 2.32. The van der Waals surface area contributed by atoms with E-state index in [2.05, 4.69) is 30.0 Å². The van der Waals surface area contributed by atoms with Gasteiger partial charge in [-0.1, -0.05) is 5.57 Å². The first-order chi connectivity index (χ1) is 11.6. The molecule has 0 radical (unpaired) electrons. The van der Waals surface area contributed by atoms with E-state index >= 15 is 0 Å². The Morgan fingerprint density at radius 1 is 1.17 bits per heavy atom. The summed E-state index contributed by atoms with van der Waals surface area (Å²) in [5.74, 6) is 2.60. The van der Waals surface area contributed by atoms with Crippen molar-refractivity contribution in [1.82, 2.24) is 4.90 Å². The lowest BCUT2D eigenvalue weighted by Crippen LogP contribution is -2.39. The number of nitrogens with zero attached hydrogens (tertiary/aromatic N) is 1. The van der Waals surface area contributed by atoms with Gasteiger partial charge in [0.2, 0.25) is 0 Å². The number of fused-ring (bicyclic) bond motifs is 3. The van der Waals surface area contributed by atoms with Crippen molar-refractivity contribution >= 4 is 0 Å². The van der Waals surface area contributed by atoms with Crippen LogP contribution in [0.3, 0.4) is 0 Å². The number of hydrogen-bond donors (Lipinski definition) is 0. The monoisotopic (exact) mass is 329 g/mol. The molecule has 0 amide bonds. The standard InChI is InChI=1S/C20H27NO3/c1-13-12-21-7-6-15-10-19(23-4)20(24-5)11-17(15)18(21)9-16(13)8-14(2)22-3/h8,10-11,18H,6-7,9,12H2,1-5H3. The van der Waals surface area contributed by atoms with Gasteiger partial charge in [-0.25, -0.2) is 0 Å². The van der Waals surface area contributed by atoms with Gasteiger partial charge in [0.1, 0.15) is 0 Å². The number of hydrogen-bond acceptors (Lipinski definition) is 4. The summed E-state index contributed by atoms with van der Waals surface area (Å²) < 4.78 is 16.3. The van der Waals surface area contributed by atoms with Crippen LogP contribution in [-0.2, 0) is 11.2 Å². The molecule has 130 valence electrons. The summed E-state index contributed by atoms with van der Waals surface area (Å²) in [6, 6.07) is 4.70. The van der Waals surface area contributed by atoms with Gasteiger partial charge in [-0.2, -0.15) is 0 Å². The van der Waals surface area contributed by atoms with E-state index in [9.17, 15) is 0 Å². The van der Waals surface area contributed by atoms with Crippen LogP contribution in [0.25, 0.3) is 0 Å². The van der Waals surface area contributed by atoms with Crippen LogP contribution in [0.2, 0.25) is 0 Å². The van der Waals surface area contributed by atoms with Gasteiger partial charge in [0, 0.05) is 19.1 Å². The molecule has 0 aliphatic carbocycles. The van der Waals surface area contributed by atoms with E-state index in [-0.39, 0.29) is 0 Å². The highest BCUT2D eigenvalue weighted by Crippen LogP contribution is 2.43. The quantitative estimate of drug-likeness (QED) is 0.785. The molecule has 4 nitrogen and oxygen atoms in total. The zero-order chi connectivity index (χ0) is 17.3. The van der Waals surface area contributed by atoms with Crippen molar-refractivity contribution in [3.63, 3.8) is 0 Å². The molecule has 0 fully saturated rings. The summed E-state index contributed by atoms with van der Waals surface area (Å²) in [5, 5.41) is 0. The molecule has 0 saturated carbocycles. The lowest BCUT2D eigenvalue weighted by atomic mass is 9.84. The van der Waals surface area contributed by atoms with E-state index < -0.39 is 0 Å². The maximum absolute atomic E-state index is 5.52. The first kappa shape index (κ1) is 16.9. The number of ether oxygens (including phenoxy) is 3. The van der Waals surface area contributed by atoms with Crippen molar-refractivity contribution in [2.24, 2.45) is 0 Å². The Morgan fingerprint density at radius 2 is 1.88 bits per heavy atom. The minimum Gasteiger partial charge on any atom is -0.501 e. The highest BCUT2D eigenvalue weighted by atomic mass is 16.5. The number of rotatable bonds is 4. The van der Waals surface area contributed by atoms with Crippen molar-refractivity contribution in [2.45, 2.75) is 32.7 Å². The van der Waals surface area contributed by atoms with Crippen LogP contribution in [0, 0.1) is 0 Å². The Balaban J connectivity index is 1.99. The van der Waals surface area contributed by atoms with E-state index in [1.807, 2.05) is 6.92 Å². The Hall–Kier alpha value is -1.94. The second-order valence-electron chi connectivity index (χ2n) is 6.61. The maximum atomic E-state index is 5.52. The van der Waals surface area contributed by atoms with Gasteiger partial charge in [-0.3, -0.25) is 4.90 Å². The minimum atomic E-state index is 0.396. The van der Waals surface area contributed by atoms with Crippen molar-refractivity contribution in [1.29, 1.82) is 0 Å². The molecule has 1 unspecified atom stereocenters. The average molecular weight is 329 g/mol. The summed E-state index contributed by atoms with van der Waals surface area (Å²) in [6.07, 6.45) is 4.25. The largest absolute Gasteiger partial charge is 0.501 e. The summed E-state index contributed by atoms with van der Waals surface area (Å²) in [7, 11) is 5.12. The highest BCUT2D eigenvalue weighted by molar-refractivity contribution is 5.50. The second-order valence-corrected chi connectivity index (χ2v) is 6.61. The van der Waals surface area contributed by atoms with Crippen LogP contribution in [0.4, 0.5) is 0 Å². The third kappa shape index (κ3) is 3.03. The van der Waals surface area contributed by atoms with E-state index in [1.54, 1.807) is 21.3 Å². The predicted molar refractivity (Wildman–Crippen MR) is 95.6 cm³/mol. The van der Waals surface area contributed by atoms with Crippen molar-refractivity contribution < 1.29 is 14.2 Å². The van der Waals surface area contributed by atoms with Crippen LogP contribution < -0.4 is 9.47 Å². The van der Waals surface area contributed by atoms with Gasteiger partial charge >= 0.3 is 0 Å². The van der Waals surface area contributed by atoms with Gasteiger partial charge < -0.3 is 14.2 Å². The minimum absolute atomic E-state index is 0.396. The third-order valence-corrected chi connectivity index (χ3v) is 5.21. The van der Waals surface area contributed by atoms with Crippen molar-refractivity contribution in [3.05, 3.63) is 46.2 Å². The molecule has 1 aromatic carbocycles. The molecule has 2 aliphatic heterocycles. The fourth-order valence-corrected chi connectivity index (χ4v) is 3.78. The number of benzene rings is 1. The van der Waals surface area contributed by atoms with Crippen LogP contribution in [-0.4, -0.2) is 39.3 Å². The van der Waals surface area contributed by atoms with E-state index in [4.69, 9.17) is 14.2 Å². The van der Waals surface area contributed by atoms with Gasteiger partial charge in [-0.15, -0.1) is 0 Å². The molecule has 0 spiro atoms. The Kier molecular flexibility index (Phi) is 4.86. The first-order valence-corrected chi connectivity index (χ1v) is 8.47. The molecule has 0 aromatic heterocycles. The molecule has 0 bridgehead atoms. The second kappa shape index (κ2) is 6.89. The van der Waals surface area contributed by atoms with Crippen molar-refractivity contribution in [3.8, 4) is 11.5 Å². The fraction of sp³-hybridized carbons (Fsp3) is 0.500. The third-order valence-electron chi connectivity index (χ3n) is 5.21. The molecule has 1 aromatic rings. The lowest BCUT2D eigenvalue weighted by molar-refractivity contribution is 0.187. The van der Waals surface area contributed by atoms with Crippen LogP contribution >= 0.6 is 0 Å². The average Bonchev–Trinajstić information content (AvgIpc) is 2.60. The van der Waals surface area contributed by atoms with E-state index in [0.717, 1.165) is 43.2 Å². The van der Waals surface area contributed by atoms with Gasteiger partial charge in [0.25, 0.3) is 0 Å². The van der Waals surface area contributed by atoms with Crippen LogP contribution in [0.5, 0.6) is 11.5 Å². The predicted octanol–water partition coefficient (Wildman–Crippen LogP) is 3.87. The Morgan fingerprint density at radius 3 is 2.54 bits per heavy atom. The van der Waals surface area contributed by atoms with Crippen LogP contribution in [0.15, 0.2) is 35.1 Å². The molecular weight excluding hydrogens is 302 g/mol. The SMILES string of the molecule is COC(C)=CC1=C(C)CN2CCc3cc(OC)c(OC)cc3C2C1. The lowest BCUT2D eigenvalue weighted by Gasteiger charge is -2.41. The Labute approximate surface area is 144 Å². The molecule has 4 heteroatoms. The number of methoxy groups -OCH3 is 3. The zero-order valence-electron chi connectivity index (χ0n) is 15.3. The molecule has 24 heavy (non-hydrogen) atoms. The number of allylic oxidation sites excluding steroid dienone is 2. The first-order valence-electron chi connectivity index (χ1n) is 8.47. The van der Waals surface area contributed by atoms with Gasteiger partial charge in [-0.05, 0) is 61.6 Å². The molecular formula is C20H27NO3. The fourth-order valence-electron chi connectivity index (χ4n) is 3.78. The molecule has 0 N–H and O–H groups in total. The normalized spacial score (nSPS) is 21.2. The smallest absolute Gasteiger partial charge is 0.161 e. The molecule has 3 rings (SSSR count). The van der Waals surface area contributed by atoms with Gasteiger partial charge in [0.05, 0.1) is 27.1 Å². The summed E-state index contributed by atoms with van der Waals surface area (Å²) in [5.41, 5.74) is 5.57. The van der Waals surface area contributed by atoms with Crippen molar-refractivity contribution in [2.75, 3.05) is 34.4 Å². The maximum Gasteiger partial charge on any atom is 0.161 e. The molecule has 2 heterocycles. The van der Waals surface area contributed by atoms with E-state index in [1.165, 1.54) is 22.3 Å². The summed E-state index contributed by atoms with van der Waals surface area (Å²) in [4.78, 5) is 2.57. The summed E-state index contributed by atoms with van der Waals surface area (Å²) in [6.45, 7) is 6.34. The van der Waals surface area contributed by atoms with E-state index in [0.29, 0.717) is 6.04 Å².